The zero-order valence-electron chi connectivity index (χ0n) is 19.6. The van der Waals surface area contributed by atoms with Crippen molar-refractivity contribution in [1.29, 1.82) is 0 Å². The molecule has 1 saturated heterocycles. The van der Waals surface area contributed by atoms with Crippen LogP contribution in [0, 0.1) is 20.8 Å². The number of piperidine rings is 1. The highest BCUT2D eigenvalue weighted by Gasteiger charge is 2.57. The van der Waals surface area contributed by atoms with Gasteiger partial charge in [0.1, 0.15) is 5.54 Å². The van der Waals surface area contributed by atoms with Crippen molar-refractivity contribution in [2.75, 3.05) is 40.7 Å². The number of hydrogen-bond acceptors (Lipinski definition) is 8. The van der Waals surface area contributed by atoms with E-state index in [1.165, 1.54) is 12.2 Å². The van der Waals surface area contributed by atoms with Gasteiger partial charge in [0, 0.05) is 20.2 Å². The molecule has 2 aliphatic rings. The molecule has 2 aliphatic heterocycles. The van der Waals surface area contributed by atoms with E-state index in [1.54, 1.807) is 19.1 Å². The molecule has 9 heteroatoms. The molecule has 1 spiro atoms. The molecule has 0 bridgehead atoms. The van der Waals surface area contributed by atoms with Gasteiger partial charge in [-0.1, -0.05) is 12.1 Å². The topological polar surface area (TPSA) is 86.8 Å². The van der Waals surface area contributed by atoms with Crippen LogP contribution in [0.15, 0.2) is 17.9 Å². The van der Waals surface area contributed by atoms with Gasteiger partial charge in [-0.15, -0.1) is 0 Å². The smallest absolute Gasteiger partial charge is 0.434 e. The maximum atomic E-state index is 13.8. The number of carbonyl (C=O) groups is 2. The molecule has 0 radical (unpaired) electrons. The second kappa shape index (κ2) is 9.99. The third-order valence-electron chi connectivity index (χ3n) is 6.19. The fourth-order valence-electron chi connectivity index (χ4n) is 4.41. The molecule has 1 aromatic rings. The molecular weight excluding hydrogens is 416 g/mol. The molecule has 3 rings (SSSR count). The number of amides is 1. The van der Waals surface area contributed by atoms with Crippen molar-refractivity contribution in [3.63, 3.8) is 0 Å². The Labute approximate surface area is 188 Å². The van der Waals surface area contributed by atoms with E-state index < -0.39 is 11.7 Å². The summed E-state index contributed by atoms with van der Waals surface area (Å²) in [6.07, 6.45) is 0.0366. The number of rotatable bonds is 7. The normalized spacial score (nSPS) is 18.6. The monoisotopic (exact) mass is 448 g/mol. The number of hydroxylamine groups is 4. The van der Waals surface area contributed by atoms with Crippen molar-refractivity contribution >= 4 is 17.6 Å². The van der Waals surface area contributed by atoms with Crippen LogP contribution in [-0.4, -0.2) is 68.4 Å². The minimum atomic E-state index is -0.991. The number of aryl methyl sites for hydroxylation is 2. The first-order valence-corrected chi connectivity index (χ1v) is 10.7. The minimum absolute atomic E-state index is 0.118. The Bertz CT molecular complexity index is 904. The number of ether oxygens (including phenoxy) is 3. The predicted molar refractivity (Wildman–Crippen MR) is 116 cm³/mol. The van der Waals surface area contributed by atoms with E-state index in [0.29, 0.717) is 31.5 Å². The van der Waals surface area contributed by atoms with Crippen molar-refractivity contribution in [3.8, 4) is 0 Å². The first kappa shape index (κ1) is 24.2. The largest absolute Gasteiger partial charge is 0.513 e. The molecule has 176 valence electrons. The van der Waals surface area contributed by atoms with Crippen molar-refractivity contribution in [2.45, 2.75) is 46.1 Å². The average molecular weight is 449 g/mol. The average Bonchev–Trinajstić information content (AvgIpc) is 2.98. The zero-order valence-corrected chi connectivity index (χ0v) is 19.6. The molecular formula is C23H32N2O7. The van der Waals surface area contributed by atoms with Gasteiger partial charge in [0.15, 0.2) is 12.6 Å². The lowest BCUT2D eigenvalue weighted by molar-refractivity contribution is -0.260. The number of carbonyl (C=O) groups excluding carboxylic acids is 2. The molecule has 9 nitrogen and oxygen atoms in total. The van der Waals surface area contributed by atoms with Gasteiger partial charge >= 0.3 is 6.16 Å². The van der Waals surface area contributed by atoms with Crippen molar-refractivity contribution in [3.05, 3.63) is 40.1 Å². The minimum Gasteiger partial charge on any atom is -0.434 e. The van der Waals surface area contributed by atoms with Crippen LogP contribution in [0.25, 0.3) is 5.57 Å². The van der Waals surface area contributed by atoms with Crippen LogP contribution < -0.4 is 0 Å². The van der Waals surface area contributed by atoms with Crippen LogP contribution in [0.5, 0.6) is 0 Å². The highest BCUT2D eigenvalue weighted by molar-refractivity contribution is 6.23. The molecule has 0 aromatic heterocycles. The van der Waals surface area contributed by atoms with Crippen LogP contribution in [0.3, 0.4) is 0 Å². The molecule has 0 N–H and O–H groups in total. The molecule has 32 heavy (non-hydrogen) atoms. The molecule has 1 aromatic carbocycles. The summed E-state index contributed by atoms with van der Waals surface area (Å²) in [6, 6.07) is 3.96. The molecule has 1 fully saturated rings. The second-order valence-corrected chi connectivity index (χ2v) is 7.97. The summed E-state index contributed by atoms with van der Waals surface area (Å²) >= 11 is 0. The van der Waals surface area contributed by atoms with Gasteiger partial charge in [-0.05, 0) is 62.8 Å². The van der Waals surface area contributed by atoms with Gasteiger partial charge in [-0.25, -0.2) is 14.7 Å². The predicted octanol–water partition coefficient (Wildman–Crippen LogP) is 3.27. The number of nitrogens with zero attached hydrogens (tertiary/aromatic N) is 2. The summed E-state index contributed by atoms with van der Waals surface area (Å²) < 4.78 is 16.0. The van der Waals surface area contributed by atoms with Crippen LogP contribution in [0.1, 0.15) is 42.0 Å². The Hall–Kier alpha value is -2.46. The van der Waals surface area contributed by atoms with E-state index in [1.807, 2.05) is 32.9 Å². The third-order valence-corrected chi connectivity index (χ3v) is 6.19. The number of hydrogen-bond donors (Lipinski definition) is 0. The summed E-state index contributed by atoms with van der Waals surface area (Å²) in [5.41, 5.74) is 2.94. The van der Waals surface area contributed by atoms with E-state index in [4.69, 9.17) is 23.9 Å². The van der Waals surface area contributed by atoms with Gasteiger partial charge < -0.3 is 19.0 Å². The van der Waals surface area contributed by atoms with Crippen LogP contribution in [0.4, 0.5) is 4.79 Å². The van der Waals surface area contributed by atoms with Gasteiger partial charge in [0.25, 0.3) is 5.91 Å². The van der Waals surface area contributed by atoms with E-state index in [-0.39, 0.29) is 25.1 Å². The Kier molecular flexibility index (Phi) is 7.55. The van der Waals surface area contributed by atoms with Crippen LogP contribution >= 0.6 is 0 Å². The molecule has 0 saturated carbocycles. The van der Waals surface area contributed by atoms with E-state index in [0.717, 1.165) is 22.3 Å². The van der Waals surface area contributed by atoms with Crippen molar-refractivity contribution in [2.24, 2.45) is 0 Å². The Morgan fingerprint density at radius 3 is 2.34 bits per heavy atom. The summed E-state index contributed by atoms with van der Waals surface area (Å²) in [5, 5.41) is 3.11. The van der Waals surface area contributed by atoms with Gasteiger partial charge in [0.05, 0.1) is 19.3 Å². The maximum absolute atomic E-state index is 13.8. The van der Waals surface area contributed by atoms with Crippen LogP contribution in [0.2, 0.25) is 0 Å². The lowest BCUT2D eigenvalue weighted by atomic mass is 9.84. The molecule has 1 amide bonds. The fourth-order valence-corrected chi connectivity index (χ4v) is 4.41. The number of benzene rings is 1. The van der Waals surface area contributed by atoms with Gasteiger partial charge in [0.2, 0.25) is 0 Å². The van der Waals surface area contributed by atoms with Crippen molar-refractivity contribution < 1.29 is 33.5 Å². The van der Waals surface area contributed by atoms with Crippen molar-refractivity contribution in [1.82, 2.24) is 10.1 Å². The lowest BCUT2D eigenvalue weighted by Gasteiger charge is -2.43. The second-order valence-electron chi connectivity index (χ2n) is 7.97. The summed E-state index contributed by atoms with van der Waals surface area (Å²) in [5.74, 6) is -0.117. The molecule has 2 heterocycles. The zero-order chi connectivity index (χ0) is 23.5. The van der Waals surface area contributed by atoms with Gasteiger partial charge in [-0.3, -0.25) is 4.79 Å². The molecule has 0 unspecified atom stereocenters. The van der Waals surface area contributed by atoms with E-state index in [2.05, 4.69) is 0 Å². The quantitative estimate of drug-likeness (QED) is 0.464. The van der Waals surface area contributed by atoms with E-state index in [9.17, 15) is 9.59 Å². The highest BCUT2D eigenvalue weighted by atomic mass is 16.8. The maximum Gasteiger partial charge on any atom is 0.513 e. The lowest BCUT2D eigenvalue weighted by Crippen LogP contribution is -2.55. The number of methoxy groups -OCH3 is 1. The summed E-state index contributed by atoms with van der Waals surface area (Å²) in [4.78, 5) is 37.5. The van der Waals surface area contributed by atoms with Crippen LogP contribution in [-0.2, 0) is 28.7 Å². The summed E-state index contributed by atoms with van der Waals surface area (Å²) in [7, 11) is 3.09. The summed E-state index contributed by atoms with van der Waals surface area (Å²) in [6.45, 7) is 8.65. The first-order chi connectivity index (χ1) is 15.3. The Morgan fingerprint density at radius 1 is 1.09 bits per heavy atom. The Morgan fingerprint density at radius 2 is 1.75 bits per heavy atom. The first-order valence-electron chi connectivity index (χ1n) is 10.7. The third kappa shape index (κ3) is 4.25. The van der Waals surface area contributed by atoms with E-state index >= 15 is 0 Å². The fraction of sp³-hybridized carbons (Fsp3) is 0.565. The molecule has 0 atom stereocenters. The molecule has 0 aliphatic carbocycles. The SMILES string of the molecule is CCOC(=O)OC1=C(c2c(C)ccc(C)c2C)C(=O)N(OCOC)C12CCN(OC)CC2. The standard InChI is InChI=1S/C23H32N2O7/c1-7-30-22(27)32-20-19(18-16(3)9-8-15(2)17(18)4)21(26)25(31-14-28-5)23(20)10-12-24(29-6)13-11-23/h8-9H,7,10-14H2,1-6H3. The van der Waals surface area contributed by atoms with Gasteiger partial charge in [-0.2, -0.15) is 5.06 Å². The highest BCUT2D eigenvalue weighted by Crippen LogP contribution is 2.48. The Balaban J connectivity index is 2.22.